The summed E-state index contributed by atoms with van der Waals surface area (Å²) in [6.07, 6.45) is 3.60. The van der Waals surface area contributed by atoms with E-state index in [1.807, 2.05) is 20.8 Å². The molecule has 0 aliphatic heterocycles. The van der Waals surface area contributed by atoms with Crippen molar-refractivity contribution in [1.82, 2.24) is 0 Å². The molecule has 1 aromatic heterocycles. The summed E-state index contributed by atoms with van der Waals surface area (Å²) in [7, 11) is 0. The van der Waals surface area contributed by atoms with Crippen molar-refractivity contribution in [3.05, 3.63) is 51.7 Å². The summed E-state index contributed by atoms with van der Waals surface area (Å²) in [5.41, 5.74) is -1.71. The molecule has 0 spiro atoms. The van der Waals surface area contributed by atoms with Gasteiger partial charge in [-0.15, -0.1) is 0 Å². The molecule has 3 rings (SSSR count). The van der Waals surface area contributed by atoms with Crippen LogP contribution in [0.3, 0.4) is 0 Å². The summed E-state index contributed by atoms with van der Waals surface area (Å²) in [5.74, 6) is -3.98. The molecule has 1 heterocycles. The Hall–Kier alpha value is -3.94. The molecule has 38 heavy (non-hydrogen) atoms. The van der Waals surface area contributed by atoms with Crippen molar-refractivity contribution in [2.75, 3.05) is 0 Å². The highest BCUT2D eigenvalue weighted by Crippen LogP contribution is 2.44. The van der Waals surface area contributed by atoms with E-state index in [1.165, 1.54) is 0 Å². The molecule has 0 unspecified atom stereocenters. The van der Waals surface area contributed by atoms with Gasteiger partial charge in [0.2, 0.25) is 11.2 Å². The number of carbonyl (C=O) groups is 3. The Labute approximate surface area is 221 Å². The number of aromatic hydroxyl groups is 2. The third-order valence-corrected chi connectivity index (χ3v) is 6.30. The van der Waals surface area contributed by atoms with E-state index >= 15 is 0 Å². The van der Waals surface area contributed by atoms with Gasteiger partial charge in [0.25, 0.3) is 0 Å². The van der Waals surface area contributed by atoms with E-state index in [0.717, 1.165) is 0 Å². The number of benzene rings is 2. The van der Waals surface area contributed by atoms with Crippen molar-refractivity contribution >= 4 is 28.5 Å². The highest BCUT2D eigenvalue weighted by Gasteiger charge is 2.33. The molecule has 8 nitrogen and oxygen atoms in total. The summed E-state index contributed by atoms with van der Waals surface area (Å²) in [6.45, 7) is 5.68. The Morgan fingerprint density at radius 2 is 1.34 bits per heavy atom. The average molecular weight is 523 g/mol. The van der Waals surface area contributed by atoms with Crippen LogP contribution in [0.2, 0.25) is 0 Å². The molecule has 0 aliphatic rings. The van der Waals surface area contributed by atoms with Gasteiger partial charge >= 0.3 is 5.97 Å². The van der Waals surface area contributed by atoms with Crippen molar-refractivity contribution in [2.24, 2.45) is 0 Å². The van der Waals surface area contributed by atoms with Crippen LogP contribution in [0.15, 0.2) is 39.5 Å². The maximum atomic E-state index is 13.6. The molecule has 0 saturated carbocycles. The zero-order valence-corrected chi connectivity index (χ0v) is 22.1. The van der Waals surface area contributed by atoms with E-state index in [0.29, 0.717) is 44.1 Å². The van der Waals surface area contributed by atoms with Gasteiger partial charge in [-0.2, -0.15) is 0 Å². The van der Waals surface area contributed by atoms with Crippen molar-refractivity contribution in [3.63, 3.8) is 0 Å². The minimum atomic E-state index is -0.975. The Balaban J connectivity index is 2.46. The average Bonchev–Trinajstić information content (AvgIpc) is 2.91. The lowest BCUT2D eigenvalue weighted by Crippen LogP contribution is -2.17. The van der Waals surface area contributed by atoms with Crippen molar-refractivity contribution in [2.45, 2.75) is 78.6 Å². The molecule has 3 aromatic rings. The number of phenolic OH excluding ortho intramolecular Hbond substituents is 1. The number of phenols is 1. The second-order valence-corrected chi connectivity index (χ2v) is 9.24. The van der Waals surface area contributed by atoms with Crippen LogP contribution in [-0.2, 0) is 4.79 Å². The molecular formula is C30H34O8. The number of ketones is 2. The smallest absolute Gasteiger partial charge is 0.311 e. The summed E-state index contributed by atoms with van der Waals surface area (Å²) in [4.78, 5) is 52.9. The number of fused-ring (bicyclic) bond motifs is 1. The van der Waals surface area contributed by atoms with Crippen molar-refractivity contribution in [1.29, 1.82) is 0 Å². The number of unbranched alkanes of at least 4 members (excludes halogenated alkanes) is 3. The number of rotatable bonds is 13. The van der Waals surface area contributed by atoms with Crippen LogP contribution in [0.4, 0.5) is 0 Å². The topological polar surface area (TPSA) is 131 Å². The molecule has 2 N–H and O–H groups in total. The molecule has 0 bridgehead atoms. The van der Waals surface area contributed by atoms with Crippen molar-refractivity contribution < 1.29 is 33.8 Å². The first-order chi connectivity index (χ1) is 18.3. The lowest BCUT2D eigenvalue weighted by Gasteiger charge is -2.18. The van der Waals surface area contributed by atoms with Crippen LogP contribution in [0, 0.1) is 0 Å². The van der Waals surface area contributed by atoms with E-state index in [9.17, 15) is 29.4 Å². The zero-order valence-electron chi connectivity index (χ0n) is 22.1. The summed E-state index contributed by atoms with van der Waals surface area (Å²) in [5, 5.41) is 21.8. The SMILES string of the molecule is CCCCC(=O)Oc1c(C(=O)CCCC)c(O)c(C(=O)CCCC)c2oc(-c3ccccc3)c(O)c(=O)c12. The molecule has 0 atom stereocenters. The highest BCUT2D eigenvalue weighted by atomic mass is 16.5. The van der Waals surface area contributed by atoms with Crippen LogP contribution in [0.5, 0.6) is 17.2 Å². The Morgan fingerprint density at radius 1 is 0.789 bits per heavy atom. The van der Waals surface area contributed by atoms with E-state index in [2.05, 4.69) is 0 Å². The van der Waals surface area contributed by atoms with Gasteiger partial charge in [-0.3, -0.25) is 19.2 Å². The molecule has 202 valence electrons. The van der Waals surface area contributed by atoms with E-state index < -0.39 is 51.2 Å². The lowest BCUT2D eigenvalue weighted by molar-refractivity contribution is -0.134. The maximum Gasteiger partial charge on any atom is 0.311 e. The maximum absolute atomic E-state index is 13.6. The first-order valence-corrected chi connectivity index (χ1v) is 13.2. The number of carbonyl (C=O) groups excluding carboxylic acids is 3. The van der Waals surface area contributed by atoms with Crippen LogP contribution >= 0.6 is 0 Å². The molecule has 0 amide bonds. The highest BCUT2D eigenvalue weighted by molar-refractivity contribution is 6.17. The van der Waals surface area contributed by atoms with Crippen molar-refractivity contribution in [3.8, 4) is 28.6 Å². The molecular weight excluding hydrogens is 488 g/mol. The molecule has 8 heteroatoms. The third-order valence-electron chi connectivity index (χ3n) is 6.30. The third kappa shape index (κ3) is 5.96. The Bertz CT molecular complexity index is 1390. The molecule has 0 aliphatic carbocycles. The quantitative estimate of drug-likeness (QED) is 0.144. The van der Waals surface area contributed by atoms with Crippen LogP contribution in [0.25, 0.3) is 22.3 Å². The van der Waals surface area contributed by atoms with Crippen LogP contribution in [0.1, 0.15) is 99.3 Å². The Morgan fingerprint density at radius 3 is 1.92 bits per heavy atom. The fourth-order valence-electron chi connectivity index (χ4n) is 4.19. The van der Waals surface area contributed by atoms with E-state index in [4.69, 9.17) is 9.15 Å². The monoisotopic (exact) mass is 522 g/mol. The Kier molecular flexibility index (Phi) is 9.82. The van der Waals surface area contributed by atoms with Gasteiger partial charge in [0.15, 0.2) is 28.7 Å². The molecule has 0 saturated heterocycles. The van der Waals surface area contributed by atoms with Gasteiger partial charge in [0, 0.05) is 24.8 Å². The minimum absolute atomic E-state index is 0.00289. The van der Waals surface area contributed by atoms with E-state index in [1.54, 1.807) is 30.3 Å². The number of Topliss-reactive ketones (excluding diaryl/α,β-unsaturated/α-hetero) is 2. The number of ether oxygens (including phenoxy) is 1. The molecule has 0 radical (unpaired) electrons. The van der Waals surface area contributed by atoms with Gasteiger partial charge in [-0.25, -0.2) is 0 Å². The van der Waals surface area contributed by atoms with Gasteiger partial charge < -0.3 is 19.4 Å². The zero-order chi connectivity index (χ0) is 27.8. The van der Waals surface area contributed by atoms with Gasteiger partial charge in [-0.1, -0.05) is 70.4 Å². The number of esters is 1. The second-order valence-electron chi connectivity index (χ2n) is 9.24. The predicted octanol–water partition coefficient (Wildman–Crippen LogP) is 6.71. The fraction of sp³-hybridized carbons (Fsp3) is 0.400. The van der Waals surface area contributed by atoms with Crippen LogP contribution < -0.4 is 10.2 Å². The second kappa shape index (κ2) is 13.0. The fourth-order valence-corrected chi connectivity index (χ4v) is 4.19. The number of hydrogen-bond acceptors (Lipinski definition) is 8. The first kappa shape index (κ1) is 28.6. The molecule has 0 fully saturated rings. The number of hydrogen-bond donors (Lipinski definition) is 2. The van der Waals surface area contributed by atoms with Gasteiger partial charge in [0.05, 0.1) is 0 Å². The lowest BCUT2D eigenvalue weighted by atomic mass is 9.93. The van der Waals surface area contributed by atoms with Gasteiger partial charge in [0.1, 0.15) is 22.3 Å². The summed E-state index contributed by atoms with van der Waals surface area (Å²) >= 11 is 0. The van der Waals surface area contributed by atoms with Crippen LogP contribution in [-0.4, -0.2) is 27.7 Å². The van der Waals surface area contributed by atoms with Gasteiger partial charge in [-0.05, 0) is 19.3 Å². The predicted molar refractivity (Wildman–Crippen MR) is 144 cm³/mol. The molecule has 2 aromatic carbocycles. The normalized spacial score (nSPS) is 11.0. The summed E-state index contributed by atoms with van der Waals surface area (Å²) < 4.78 is 11.5. The first-order valence-electron chi connectivity index (χ1n) is 13.2. The summed E-state index contributed by atoms with van der Waals surface area (Å²) in [6, 6.07) is 8.32. The standard InChI is InChI=1S/C30H34O8/c1-4-7-15-19(31)22-25(34)23(20(32)16-8-5-2)30-24(29(22)37-21(33)17-9-6-3)26(35)27(36)28(38-30)18-13-11-10-12-14-18/h10-14,34,36H,4-9,15-17H2,1-3H3. The van der Waals surface area contributed by atoms with E-state index in [-0.39, 0.29) is 36.2 Å². The largest absolute Gasteiger partial charge is 0.506 e. The minimum Gasteiger partial charge on any atom is -0.506 e.